The second-order valence-electron chi connectivity index (χ2n) is 4.38. The van der Waals surface area contributed by atoms with Crippen LogP contribution in [0.3, 0.4) is 0 Å². The number of carboxylic acid groups (broad SMARTS) is 1. The molecule has 0 atom stereocenters. The van der Waals surface area contributed by atoms with Gasteiger partial charge >= 0.3 is 5.97 Å². The first-order chi connectivity index (χ1) is 9.50. The minimum atomic E-state index is -1.09. The number of anilines is 1. The van der Waals surface area contributed by atoms with Gasteiger partial charge in [0.15, 0.2) is 5.82 Å². The molecule has 0 saturated heterocycles. The minimum absolute atomic E-state index is 0.0637. The second kappa shape index (κ2) is 5.64. The normalized spacial score (nSPS) is 10.3. The number of aromatic carboxylic acids is 1. The van der Waals surface area contributed by atoms with Gasteiger partial charge in [-0.25, -0.2) is 9.18 Å². The zero-order valence-corrected chi connectivity index (χ0v) is 11.1. The molecule has 0 bridgehead atoms. The van der Waals surface area contributed by atoms with Crippen molar-refractivity contribution in [3.63, 3.8) is 0 Å². The van der Waals surface area contributed by atoms with Gasteiger partial charge in [0.25, 0.3) is 0 Å². The van der Waals surface area contributed by atoms with Crippen molar-refractivity contribution in [3.8, 4) is 0 Å². The topological polar surface area (TPSA) is 75.1 Å². The molecule has 104 valence electrons. The van der Waals surface area contributed by atoms with E-state index >= 15 is 0 Å². The van der Waals surface area contributed by atoms with Crippen molar-refractivity contribution >= 4 is 11.8 Å². The fourth-order valence-electron chi connectivity index (χ4n) is 1.81. The first-order valence-corrected chi connectivity index (χ1v) is 6.05. The lowest BCUT2D eigenvalue weighted by molar-refractivity contribution is 0.0696. The number of rotatable bonds is 4. The van der Waals surface area contributed by atoms with Crippen LogP contribution in [0.25, 0.3) is 0 Å². The van der Waals surface area contributed by atoms with E-state index in [1.807, 2.05) is 0 Å². The molecule has 0 aliphatic rings. The van der Waals surface area contributed by atoms with Crippen LogP contribution in [0.2, 0.25) is 0 Å². The summed E-state index contributed by atoms with van der Waals surface area (Å²) in [5, 5.41) is 19.8. The molecule has 0 fully saturated rings. The van der Waals surface area contributed by atoms with Crippen LogP contribution in [-0.4, -0.2) is 21.3 Å². The molecule has 1 aromatic carbocycles. The number of benzene rings is 1. The van der Waals surface area contributed by atoms with Gasteiger partial charge in [0.1, 0.15) is 11.4 Å². The molecular formula is C14H14FN3O2. The van der Waals surface area contributed by atoms with Crippen LogP contribution in [-0.2, 0) is 6.54 Å². The number of nitrogens with zero attached hydrogens (tertiary/aromatic N) is 2. The molecule has 20 heavy (non-hydrogen) atoms. The predicted octanol–water partition coefficient (Wildman–Crippen LogP) is 2.54. The van der Waals surface area contributed by atoms with Crippen LogP contribution >= 0.6 is 0 Å². The molecule has 0 saturated carbocycles. The standard InChI is InChI=1S/C14H14FN3O2/c1-8-9(2)17-18-13(12(8)14(19)20)16-7-10-5-3-4-6-11(10)15/h3-6H,7H2,1-2H3,(H,16,18)(H,19,20). The Kier molecular flexibility index (Phi) is 3.93. The van der Waals surface area contributed by atoms with Gasteiger partial charge in [0.2, 0.25) is 0 Å². The predicted molar refractivity (Wildman–Crippen MR) is 72.2 cm³/mol. The second-order valence-corrected chi connectivity index (χ2v) is 4.38. The van der Waals surface area contributed by atoms with E-state index in [0.29, 0.717) is 16.8 Å². The highest BCUT2D eigenvalue weighted by Gasteiger charge is 2.17. The molecule has 1 aromatic heterocycles. The summed E-state index contributed by atoms with van der Waals surface area (Å²) in [6, 6.07) is 6.28. The van der Waals surface area contributed by atoms with Crippen LogP contribution in [0.15, 0.2) is 24.3 Å². The van der Waals surface area contributed by atoms with Crippen molar-refractivity contribution in [2.45, 2.75) is 20.4 Å². The highest BCUT2D eigenvalue weighted by molar-refractivity contribution is 5.94. The van der Waals surface area contributed by atoms with Crippen LogP contribution in [0.5, 0.6) is 0 Å². The average molecular weight is 275 g/mol. The summed E-state index contributed by atoms with van der Waals surface area (Å²) >= 11 is 0. The van der Waals surface area contributed by atoms with Crippen LogP contribution < -0.4 is 5.32 Å². The lowest BCUT2D eigenvalue weighted by Gasteiger charge is -2.11. The maximum atomic E-state index is 13.5. The summed E-state index contributed by atoms with van der Waals surface area (Å²) in [5.74, 6) is -1.30. The van der Waals surface area contributed by atoms with E-state index < -0.39 is 5.97 Å². The fraction of sp³-hybridized carbons (Fsp3) is 0.214. The first-order valence-electron chi connectivity index (χ1n) is 6.05. The van der Waals surface area contributed by atoms with Crippen molar-refractivity contribution in [1.82, 2.24) is 10.2 Å². The quantitative estimate of drug-likeness (QED) is 0.896. The highest BCUT2D eigenvalue weighted by Crippen LogP contribution is 2.19. The van der Waals surface area contributed by atoms with E-state index in [4.69, 9.17) is 0 Å². The van der Waals surface area contributed by atoms with Gasteiger partial charge in [-0.3, -0.25) is 0 Å². The third kappa shape index (κ3) is 2.74. The smallest absolute Gasteiger partial charge is 0.339 e. The summed E-state index contributed by atoms with van der Waals surface area (Å²) < 4.78 is 13.5. The number of carboxylic acids is 1. The molecule has 5 nitrogen and oxygen atoms in total. The SMILES string of the molecule is Cc1nnc(NCc2ccccc2F)c(C(=O)O)c1C. The summed E-state index contributed by atoms with van der Waals surface area (Å²) in [6.07, 6.45) is 0. The number of carbonyl (C=O) groups is 1. The molecule has 6 heteroatoms. The third-order valence-electron chi connectivity index (χ3n) is 3.07. The van der Waals surface area contributed by atoms with Crippen molar-refractivity contribution < 1.29 is 14.3 Å². The molecule has 0 spiro atoms. The Labute approximate surface area is 115 Å². The van der Waals surface area contributed by atoms with E-state index in [2.05, 4.69) is 15.5 Å². The van der Waals surface area contributed by atoms with Gasteiger partial charge in [-0.1, -0.05) is 18.2 Å². The van der Waals surface area contributed by atoms with E-state index in [0.717, 1.165) is 0 Å². The fourth-order valence-corrected chi connectivity index (χ4v) is 1.81. The van der Waals surface area contributed by atoms with Gasteiger partial charge in [0.05, 0.1) is 5.69 Å². The Morgan fingerprint density at radius 3 is 2.65 bits per heavy atom. The molecule has 2 rings (SSSR count). The Hall–Kier alpha value is -2.50. The number of nitrogens with one attached hydrogen (secondary N) is 1. The average Bonchev–Trinajstić information content (AvgIpc) is 2.41. The highest BCUT2D eigenvalue weighted by atomic mass is 19.1. The van der Waals surface area contributed by atoms with E-state index in [9.17, 15) is 14.3 Å². The zero-order valence-electron chi connectivity index (χ0n) is 11.1. The van der Waals surface area contributed by atoms with E-state index in [1.54, 1.807) is 32.0 Å². The molecular weight excluding hydrogens is 261 g/mol. The first kappa shape index (κ1) is 13.9. The van der Waals surface area contributed by atoms with Gasteiger partial charge in [0, 0.05) is 12.1 Å². The van der Waals surface area contributed by atoms with Crippen molar-refractivity contribution in [1.29, 1.82) is 0 Å². The molecule has 2 N–H and O–H groups in total. The Balaban J connectivity index is 2.29. The van der Waals surface area contributed by atoms with Crippen LogP contribution in [0.1, 0.15) is 27.2 Å². The Bertz CT molecular complexity index is 659. The lowest BCUT2D eigenvalue weighted by atomic mass is 10.1. The molecule has 0 aliphatic carbocycles. The molecule has 0 unspecified atom stereocenters. The number of aromatic nitrogens is 2. The van der Waals surface area contributed by atoms with E-state index in [1.165, 1.54) is 6.07 Å². The lowest BCUT2D eigenvalue weighted by Crippen LogP contribution is -2.13. The van der Waals surface area contributed by atoms with Crippen molar-refractivity contribution in [2.75, 3.05) is 5.32 Å². The van der Waals surface area contributed by atoms with Gasteiger partial charge < -0.3 is 10.4 Å². The van der Waals surface area contributed by atoms with Crippen molar-refractivity contribution in [2.24, 2.45) is 0 Å². The van der Waals surface area contributed by atoms with Crippen molar-refractivity contribution in [3.05, 3.63) is 52.5 Å². The number of aryl methyl sites for hydroxylation is 1. The van der Waals surface area contributed by atoms with Gasteiger partial charge in [-0.05, 0) is 25.5 Å². The molecule has 0 radical (unpaired) electrons. The van der Waals surface area contributed by atoms with Gasteiger partial charge in [-0.2, -0.15) is 5.10 Å². The summed E-state index contributed by atoms with van der Waals surface area (Å²) in [6.45, 7) is 3.50. The molecule has 0 amide bonds. The summed E-state index contributed by atoms with van der Waals surface area (Å²) in [4.78, 5) is 11.3. The maximum absolute atomic E-state index is 13.5. The number of halogens is 1. The summed E-state index contributed by atoms with van der Waals surface area (Å²) in [5.41, 5.74) is 1.60. The Morgan fingerprint density at radius 2 is 2.00 bits per heavy atom. The molecule has 1 heterocycles. The Morgan fingerprint density at radius 1 is 1.30 bits per heavy atom. The number of hydrogen-bond acceptors (Lipinski definition) is 4. The maximum Gasteiger partial charge on any atom is 0.339 e. The van der Waals surface area contributed by atoms with Crippen LogP contribution in [0, 0.1) is 19.7 Å². The van der Waals surface area contributed by atoms with E-state index in [-0.39, 0.29) is 23.7 Å². The summed E-state index contributed by atoms with van der Waals surface area (Å²) in [7, 11) is 0. The molecule has 0 aliphatic heterocycles. The monoisotopic (exact) mass is 275 g/mol. The number of hydrogen-bond donors (Lipinski definition) is 2. The zero-order chi connectivity index (χ0) is 14.7. The van der Waals surface area contributed by atoms with Gasteiger partial charge in [-0.15, -0.1) is 5.10 Å². The third-order valence-corrected chi connectivity index (χ3v) is 3.07. The van der Waals surface area contributed by atoms with Crippen LogP contribution in [0.4, 0.5) is 10.2 Å². The largest absolute Gasteiger partial charge is 0.478 e. The minimum Gasteiger partial charge on any atom is -0.478 e. The molecule has 2 aromatic rings.